The fourth-order valence-corrected chi connectivity index (χ4v) is 5.49. The summed E-state index contributed by atoms with van der Waals surface area (Å²) in [5.74, 6) is -4.96. The molecule has 3 unspecified atom stereocenters. The number of rotatable bonds is 4. The minimum atomic E-state index is -1.57. The lowest BCUT2D eigenvalue weighted by Crippen LogP contribution is -2.70. The molecule has 5 atom stereocenters. The molecule has 4 rings (SSSR count). The number of carbonyl (C=O) groups excluding carboxylic acids is 3. The van der Waals surface area contributed by atoms with E-state index in [1.807, 2.05) is 0 Å². The lowest BCUT2D eigenvalue weighted by atomic mass is 9.69. The number of quaternary nitrogens is 1. The second-order valence-electron chi connectivity index (χ2n) is 9.15. The van der Waals surface area contributed by atoms with Crippen LogP contribution in [0.4, 0.5) is 4.39 Å². The number of nitrogens with two attached hydrogens (primary N) is 1. The molecule has 1 spiro atoms. The number of hydrogen-bond donors (Lipinski definition) is 2. The molecule has 0 aromatic heterocycles. The summed E-state index contributed by atoms with van der Waals surface area (Å²) in [6, 6.07) is -0.666. The highest BCUT2D eigenvalue weighted by molar-refractivity contribution is 6.09. The molecular formula is C23H27FN3O5+. The summed E-state index contributed by atoms with van der Waals surface area (Å²) in [5.41, 5.74) is 4.57. The van der Waals surface area contributed by atoms with Crippen molar-refractivity contribution in [1.29, 1.82) is 0 Å². The monoisotopic (exact) mass is 444 g/mol. The third-order valence-corrected chi connectivity index (χ3v) is 7.24. The number of amides is 1. The van der Waals surface area contributed by atoms with E-state index in [0.29, 0.717) is 25.1 Å². The van der Waals surface area contributed by atoms with Gasteiger partial charge in [-0.15, -0.1) is 0 Å². The summed E-state index contributed by atoms with van der Waals surface area (Å²) in [6.07, 6.45) is 7.93. The number of halogens is 1. The maximum Gasteiger partial charge on any atom is 0.318 e. The fraction of sp³-hybridized carbons (Fsp3) is 0.478. The predicted molar refractivity (Wildman–Crippen MR) is 112 cm³/mol. The fourth-order valence-electron chi connectivity index (χ4n) is 5.49. The number of carboxylic acids is 1. The van der Waals surface area contributed by atoms with Gasteiger partial charge in [0.05, 0.1) is 31.4 Å². The molecule has 4 aliphatic rings. The molecule has 8 nitrogen and oxygen atoms in total. The second kappa shape index (κ2) is 7.60. The van der Waals surface area contributed by atoms with E-state index in [0.717, 1.165) is 0 Å². The highest BCUT2D eigenvalue weighted by Crippen LogP contribution is 2.50. The van der Waals surface area contributed by atoms with Crippen molar-refractivity contribution in [2.75, 3.05) is 20.1 Å². The number of piperidine rings is 1. The number of likely N-dealkylation sites (N-methyl/N-ethyl adjacent to an activating group) is 1. The van der Waals surface area contributed by atoms with Crippen LogP contribution in [0, 0.1) is 11.8 Å². The molecule has 170 valence electrons. The van der Waals surface area contributed by atoms with E-state index >= 15 is 4.39 Å². The maximum atomic E-state index is 15.4. The van der Waals surface area contributed by atoms with Gasteiger partial charge in [0.15, 0.2) is 5.78 Å². The van der Waals surface area contributed by atoms with Gasteiger partial charge in [-0.05, 0) is 31.6 Å². The average molecular weight is 444 g/mol. The molecule has 0 bridgehead atoms. The first kappa shape index (κ1) is 22.3. The normalized spacial score (nSPS) is 35.2. The summed E-state index contributed by atoms with van der Waals surface area (Å²) in [6.45, 7) is 2.18. The van der Waals surface area contributed by atoms with E-state index in [2.05, 4.69) is 0 Å². The lowest BCUT2D eigenvalue weighted by molar-refractivity contribution is -0.892. The Morgan fingerprint density at radius 1 is 1.38 bits per heavy atom. The van der Waals surface area contributed by atoms with E-state index in [4.69, 9.17) is 5.73 Å². The molecule has 1 amide bonds. The maximum absolute atomic E-state index is 15.4. The van der Waals surface area contributed by atoms with Crippen molar-refractivity contribution in [2.45, 2.75) is 37.8 Å². The van der Waals surface area contributed by atoms with Crippen LogP contribution in [-0.4, -0.2) is 69.7 Å². The van der Waals surface area contributed by atoms with E-state index < -0.39 is 41.0 Å². The summed E-state index contributed by atoms with van der Waals surface area (Å²) >= 11 is 0. The third-order valence-electron chi connectivity index (χ3n) is 7.24. The summed E-state index contributed by atoms with van der Waals surface area (Å²) < 4.78 is 15.4. The SMILES string of the molecule is C[C@@H](N)C(=O)C1CCN(C2=C3C(F)=CC=CC34C(=O)C(C(=O)O)C=C[N@+]4(C)CC2)C(=O)C1. The quantitative estimate of drug-likeness (QED) is 0.497. The number of allylic oxidation sites excluding steroid dienone is 2. The van der Waals surface area contributed by atoms with E-state index in [9.17, 15) is 24.3 Å². The highest BCUT2D eigenvalue weighted by atomic mass is 19.1. The first-order chi connectivity index (χ1) is 15.0. The molecule has 0 saturated carbocycles. The first-order valence-electron chi connectivity index (χ1n) is 10.7. The van der Waals surface area contributed by atoms with Crippen LogP contribution < -0.4 is 5.73 Å². The minimum absolute atomic E-state index is 0.0000360. The van der Waals surface area contributed by atoms with Crippen molar-refractivity contribution in [1.82, 2.24) is 4.90 Å². The Balaban J connectivity index is 1.81. The zero-order valence-corrected chi connectivity index (χ0v) is 18.1. The Morgan fingerprint density at radius 3 is 2.72 bits per heavy atom. The van der Waals surface area contributed by atoms with Crippen molar-refractivity contribution in [3.05, 3.63) is 47.6 Å². The van der Waals surface area contributed by atoms with Crippen molar-refractivity contribution in [3.63, 3.8) is 0 Å². The van der Waals surface area contributed by atoms with Gasteiger partial charge in [-0.25, -0.2) is 4.39 Å². The number of nitrogens with zero attached hydrogens (tertiary/aromatic N) is 2. The summed E-state index contributed by atoms with van der Waals surface area (Å²) in [5, 5.41) is 9.58. The summed E-state index contributed by atoms with van der Waals surface area (Å²) in [4.78, 5) is 52.1. The van der Waals surface area contributed by atoms with E-state index in [1.165, 1.54) is 23.1 Å². The highest BCUT2D eigenvalue weighted by Gasteiger charge is 2.64. The molecule has 0 radical (unpaired) electrons. The first-order valence-corrected chi connectivity index (χ1v) is 10.7. The van der Waals surface area contributed by atoms with Gasteiger partial charge in [-0.3, -0.25) is 23.7 Å². The number of carbonyl (C=O) groups is 4. The molecule has 3 heterocycles. The Labute approximate surface area is 185 Å². The molecule has 32 heavy (non-hydrogen) atoms. The number of Topliss-reactive ketones (excluding diaryl/α,β-unsaturated/α-hetero) is 2. The average Bonchev–Trinajstić information content (AvgIpc) is 2.73. The van der Waals surface area contributed by atoms with Crippen LogP contribution in [0.2, 0.25) is 0 Å². The van der Waals surface area contributed by atoms with Gasteiger partial charge in [-0.2, -0.15) is 0 Å². The molecule has 1 saturated heterocycles. The van der Waals surface area contributed by atoms with Crippen LogP contribution in [0.25, 0.3) is 0 Å². The van der Waals surface area contributed by atoms with Gasteiger partial charge in [0.2, 0.25) is 17.2 Å². The van der Waals surface area contributed by atoms with Crippen LogP contribution in [0.5, 0.6) is 0 Å². The van der Waals surface area contributed by atoms with Crippen molar-refractivity contribution in [3.8, 4) is 0 Å². The van der Waals surface area contributed by atoms with Gasteiger partial charge in [-0.1, -0.05) is 6.08 Å². The Hall–Kier alpha value is -2.91. The molecule has 9 heteroatoms. The molecular weight excluding hydrogens is 417 g/mol. The van der Waals surface area contributed by atoms with E-state index in [-0.39, 0.29) is 34.7 Å². The predicted octanol–water partition coefficient (Wildman–Crippen LogP) is 1.20. The lowest BCUT2D eigenvalue weighted by Gasteiger charge is -2.54. The van der Waals surface area contributed by atoms with Crippen molar-refractivity contribution in [2.24, 2.45) is 17.6 Å². The van der Waals surface area contributed by atoms with Crippen molar-refractivity contribution >= 4 is 23.4 Å². The largest absolute Gasteiger partial charge is 0.480 e. The minimum Gasteiger partial charge on any atom is -0.480 e. The van der Waals surface area contributed by atoms with Gasteiger partial charge >= 0.3 is 5.97 Å². The van der Waals surface area contributed by atoms with Crippen molar-refractivity contribution < 1.29 is 33.2 Å². The Bertz CT molecular complexity index is 1040. The molecule has 3 aliphatic heterocycles. The van der Waals surface area contributed by atoms with Gasteiger partial charge in [0.1, 0.15) is 11.7 Å². The van der Waals surface area contributed by atoms with Crippen LogP contribution in [0.3, 0.4) is 0 Å². The van der Waals surface area contributed by atoms with Gasteiger partial charge in [0, 0.05) is 31.0 Å². The number of ketones is 2. The number of carboxylic acid groups (broad SMARTS) is 1. The smallest absolute Gasteiger partial charge is 0.318 e. The van der Waals surface area contributed by atoms with Gasteiger partial charge in [0.25, 0.3) is 0 Å². The number of likely N-dealkylation sites (tertiary alicyclic amines) is 1. The molecule has 1 aliphatic carbocycles. The van der Waals surface area contributed by atoms with Crippen LogP contribution in [0.1, 0.15) is 26.2 Å². The summed E-state index contributed by atoms with van der Waals surface area (Å²) in [7, 11) is 1.77. The Morgan fingerprint density at radius 2 is 2.09 bits per heavy atom. The zero-order valence-electron chi connectivity index (χ0n) is 18.1. The number of aliphatic carboxylic acids is 1. The standard InChI is InChI=1S/C23H26FN3O5/c1-13(25)20(29)14-5-9-26(18(28)12-14)17-7-11-27(2)10-6-15(22(31)32)21(30)23(27)8-3-4-16(24)19(17)23/h3-4,6,8,10,13-15H,5,7,9,11-12,25H2,1-2H3/p+1/t13-,14?,15?,23?,27-/m1/s1. The Kier molecular flexibility index (Phi) is 5.29. The zero-order chi connectivity index (χ0) is 23.4. The molecule has 0 aromatic carbocycles. The van der Waals surface area contributed by atoms with Gasteiger partial charge < -0.3 is 15.7 Å². The molecule has 0 aromatic rings. The van der Waals surface area contributed by atoms with Crippen LogP contribution in [-0.2, 0) is 19.2 Å². The molecule has 3 N–H and O–H groups in total. The topological polar surface area (TPSA) is 118 Å². The van der Waals surface area contributed by atoms with Crippen LogP contribution in [0.15, 0.2) is 47.6 Å². The second-order valence-corrected chi connectivity index (χ2v) is 9.15. The number of hydrogen-bond acceptors (Lipinski definition) is 5. The third kappa shape index (κ3) is 3.02. The molecule has 1 fully saturated rings. The van der Waals surface area contributed by atoms with Crippen LogP contribution >= 0.6 is 0 Å². The van der Waals surface area contributed by atoms with E-state index in [1.54, 1.807) is 26.2 Å².